The molecule has 0 bridgehead atoms. The number of halogens is 1. The number of primary sulfonamides is 1. The van der Waals surface area contributed by atoms with Gasteiger partial charge >= 0.3 is 0 Å². The molecule has 0 atom stereocenters. The highest BCUT2D eigenvalue weighted by Crippen LogP contribution is 2.30. The van der Waals surface area contributed by atoms with E-state index < -0.39 is 25.9 Å². The number of anilines is 2. The minimum absolute atomic E-state index is 0.0130. The number of benzene rings is 2. The lowest BCUT2D eigenvalue weighted by Crippen LogP contribution is -2.17. The number of pyridine rings is 1. The molecule has 0 aliphatic rings. The van der Waals surface area contributed by atoms with E-state index in [4.69, 9.17) is 5.14 Å². The topological polar surface area (TPSA) is 131 Å². The number of hydrogen-bond acceptors (Lipinski definition) is 6. The van der Waals surface area contributed by atoms with Gasteiger partial charge in [-0.2, -0.15) is 0 Å². The summed E-state index contributed by atoms with van der Waals surface area (Å²) in [4.78, 5) is 3.47. The molecule has 160 valence electrons. The highest BCUT2D eigenvalue weighted by molar-refractivity contribution is 7.93. The van der Waals surface area contributed by atoms with Crippen LogP contribution in [-0.2, 0) is 20.0 Å². The van der Waals surface area contributed by atoms with Crippen molar-refractivity contribution in [1.82, 2.24) is 4.98 Å². The number of sulfonamides is 2. The van der Waals surface area contributed by atoms with Crippen molar-refractivity contribution in [2.45, 2.75) is 29.6 Å². The molecule has 0 aliphatic carbocycles. The van der Waals surface area contributed by atoms with Crippen molar-refractivity contribution in [3.63, 3.8) is 0 Å². The van der Waals surface area contributed by atoms with E-state index in [2.05, 4.69) is 15.0 Å². The Morgan fingerprint density at radius 3 is 2.53 bits per heavy atom. The average molecular weight is 453 g/mol. The van der Waals surface area contributed by atoms with Crippen molar-refractivity contribution in [3.05, 3.63) is 54.5 Å². The summed E-state index contributed by atoms with van der Waals surface area (Å²) in [7, 11) is -8.25. The van der Waals surface area contributed by atoms with Gasteiger partial charge in [-0.1, -0.05) is 13.3 Å². The number of nitrogens with zero attached hydrogens (tertiary/aromatic N) is 1. The first-order valence-corrected chi connectivity index (χ1v) is 12.1. The van der Waals surface area contributed by atoms with Gasteiger partial charge in [0.15, 0.2) is 0 Å². The number of rotatable bonds is 8. The molecule has 2 aromatic carbocycles. The third-order valence-electron chi connectivity index (χ3n) is 4.38. The van der Waals surface area contributed by atoms with Crippen LogP contribution in [0.3, 0.4) is 0 Å². The maximum absolute atomic E-state index is 14.0. The molecule has 0 saturated carbocycles. The van der Waals surface area contributed by atoms with E-state index in [1.807, 2.05) is 6.92 Å². The second kappa shape index (κ2) is 8.54. The maximum Gasteiger partial charge on any atom is 0.262 e. The second-order valence-electron chi connectivity index (χ2n) is 6.58. The van der Waals surface area contributed by atoms with Crippen molar-refractivity contribution in [3.8, 4) is 0 Å². The van der Waals surface area contributed by atoms with Gasteiger partial charge in [-0.3, -0.25) is 9.71 Å². The summed E-state index contributed by atoms with van der Waals surface area (Å²) in [6.45, 7) is 2.56. The third-order valence-corrected chi connectivity index (χ3v) is 6.71. The van der Waals surface area contributed by atoms with Gasteiger partial charge in [0.25, 0.3) is 10.0 Å². The van der Waals surface area contributed by atoms with Gasteiger partial charge in [0.1, 0.15) is 11.3 Å². The highest BCUT2D eigenvalue weighted by Gasteiger charge is 2.22. The van der Waals surface area contributed by atoms with Crippen LogP contribution in [0.15, 0.2) is 58.5 Å². The Bertz CT molecular complexity index is 1300. The number of nitrogens with two attached hydrogens (primary N) is 1. The number of unbranched alkanes of at least 4 members (excludes halogenated alkanes) is 1. The van der Waals surface area contributed by atoms with Gasteiger partial charge in [0.2, 0.25) is 10.0 Å². The van der Waals surface area contributed by atoms with Gasteiger partial charge in [0, 0.05) is 18.1 Å². The molecular formula is C19H21FN4O4S2. The molecule has 0 spiro atoms. The molecule has 3 rings (SSSR count). The van der Waals surface area contributed by atoms with E-state index in [1.54, 1.807) is 0 Å². The number of hydrogen-bond donors (Lipinski definition) is 3. The Hall–Kier alpha value is -2.76. The van der Waals surface area contributed by atoms with E-state index in [0.717, 1.165) is 31.0 Å². The van der Waals surface area contributed by atoms with Crippen LogP contribution in [0.25, 0.3) is 10.9 Å². The first-order chi connectivity index (χ1) is 14.1. The van der Waals surface area contributed by atoms with Crippen LogP contribution in [0.1, 0.15) is 19.8 Å². The summed E-state index contributed by atoms with van der Waals surface area (Å²) in [5, 5.41) is 8.37. The van der Waals surface area contributed by atoms with Crippen LogP contribution < -0.4 is 15.2 Å². The molecule has 8 nitrogen and oxygen atoms in total. The van der Waals surface area contributed by atoms with Crippen molar-refractivity contribution in [1.29, 1.82) is 0 Å². The third kappa shape index (κ3) is 4.69. The molecule has 3 aromatic rings. The summed E-state index contributed by atoms with van der Waals surface area (Å²) >= 11 is 0. The molecule has 0 fully saturated rings. The quantitative estimate of drug-likeness (QED) is 0.450. The Labute approximate surface area is 174 Å². The summed E-state index contributed by atoms with van der Waals surface area (Å²) in [5.41, 5.74) is 0.322. The fourth-order valence-corrected chi connectivity index (χ4v) is 4.69. The average Bonchev–Trinajstić information content (AvgIpc) is 2.68. The molecule has 0 radical (unpaired) electrons. The van der Waals surface area contributed by atoms with Crippen molar-refractivity contribution >= 4 is 42.3 Å². The fraction of sp³-hybridized carbons (Fsp3) is 0.211. The Kier molecular flexibility index (Phi) is 6.25. The molecule has 0 aliphatic heterocycles. The zero-order chi connectivity index (χ0) is 21.9. The fourth-order valence-electron chi connectivity index (χ4n) is 2.88. The molecule has 0 unspecified atom stereocenters. The maximum atomic E-state index is 14.0. The summed E-state index contributed by atoms with van der Waals surface area (Å²) < 4.78 is 66.1. The Morgan fingerprint density at radius 2 is 1.83 bits per heavy atom. The molecule has 11 heteroatoms. The van der Waals surface area contributed by atoms with E-state index >= 15 is 0 Å². The molecular weight excluding hydrogens is 431 g/mol. The summed E-state index contributed by atoms with van der Waals surface area (Å²) in [6, 6.07) is 8.98. The standard InChI is InChI=1S/C19H21FN4O4S2/c1-2-3-10-22-16-8-6-13(29(21,25)26)12-17(16)24-30(27,28)18-9-7-15(20)19-14(18)5-4-11-23-19/h4-9,11-12,22,24H,2-3,10H2,1H3,(H2,21,25,26). The van der Waals surface area contributed by atoms with Crippen LogP contribution in [0.5, 0.6) is 0 Å². The van der Waals surface area contributed by atoms with Crippen LogP contribution in [0.4, 0.5) is 15.8 Å². The first kappa shape index (κ1) is 21.9. The second-order valence-corrected chi connectivity index (χ2v) is 9.80. The lowest BCUT2D eigenvalue weighted by atomic mass is 10.2. The van der Waals surface area contributed by atoms with Gasteiger partial charge in [-0.15, -0.1) is 0 Å². The highest BCUT2D eigenvalue weighted by atomic mass is 32.2. The Balaban J connectivity index is 2.08. The number of fused-ring (bicyclic) bond motifs is 1. The van der Waals surface area contributed by atoms with Crippen LogP contribution in [-0.4, -0.2) is 28.4 Å². The zero-order valence-corrected chi connectivity index (χ0v) is 17.7. The van der Waals surface area contributed by atoms with Gasteiger partial charge < -0.3 is 5.32 Å². The predicted molar refractivity (Wildman–Crippen MR) is 114 cm³/mol. The van der Waals surface area contributed by atoms with Crippen LogP contribution in [0, 0.1) is 5.82 Å². The van der Waals surface area contributed by atoms with Crippen molar-refractivity contribution < 1.29 is 21.2 Å². The van der Waals surface area contributed by atoms with Crippen LogP contribution in [0.2, 0.25) is 0 Å². The van der Waals surface area contributed by atoms with E-state index in [0.29, 0.717) is 12.2 Å². The lowest BCUT2D eigenvalue weighted by molar-refractivity contribution is 0.596. The molecule has 1 heterocycles. The minimum atomic E-state index is -4.20. The smallest absolute Gasteiger partial charge is 0.262 e. The summed E-state index contributed by atoms with van der Waals surface area (Å²) in [6.07, 6.45) is 3.11. The monoisotopic (exact) mass is 452 g/mol. The SMILES string of the molecule is CCCCNc1ccc(S(N)(=O)=O)cc1NS(=O)(=O)c1ccc(F)c2ncccc12. The predicted octanol–water partition coefficient (Wildman–Crippen LogP) is 3.03. The molecule has 0 saturated heterocycles. The van der Waals surface area contributed by atoms with Crippen LogP contribution >= 0.6 is 0 Å². The van der Waals surface area contributed by atoms with Gasteiger partial charge in [-0.25, -0.2) is 26.4 Å². The largest absolute Gasteiger partial charge is 0.383 e. The normalized spacial score (nSPS) is 12.1. The zero-order valence-electron chi connectivity index (χ0n) is 16.1. The number of nitrogens with one attached hydrogen (secondary N) is 2. The van der Waals surface area contributed by atoms with Crippen molar-refractivity contribution in [2.75, 3.05) is 16.6 Å². The first-order valence-electron chi connectivity index (χ1n) is 9.10. The Morgan fingerprint density at radius 1 is 1.07 bits per heavy atom. The van der Waals surface area contributed by atoms with E-state index in [9.17, 15) is 21.2 Å². The lowest BCUT2D eigenvalue weighted by Gasteiger charge is -2.16. The number of aromatic nitrogens is 1. The van der Waals surface area contributed by atoms with Crippen molar-refractivity contribution in [2.24, 2.45) is 5.14 Å². The molecule has 0 amide bonds. The molecule has 4 N–H and O–H groups in total. The van der Waals surface area contributed by atoms with Gasteiger partial charge in [-0.05, 0) is 48.9 Å². The van der Waals surface area contributed by atoms with E-state index in [1.165, 1.54) is 30.5 Å². The van der Waals surface area contributed by atoms with Gasteiger partial charge in [0.05, 0.1) is 21.2 Å². The molecule has 30 heavy (non-hydrogen) atoms. The summed E-state index contributed by atoms with van der Waals surface area (Å²) in [5.74, 6) is -0.650. The van der Waals surface area contributed by atoms with E-state index in [-0.39, 0.29) is 26.4 Å². The minimum Gasteiger partial charge on any atom is -0.383 e. The molecule has 1 aromatic heterocycles.